The van der Waals surface area contributed by atoms with Gasteiger partial charge in [0.1, 0.15) is 18.1 Å². The highest BCUT2D eigenvalue weighted by Crippen LogP contribution is 2.29. The highest BCUT2D eigenvalue weighted by Gasteiger charge is 2.38. The summed E-state index contributed by atoms with van der Waals surface area (Å²) in [5, 5.41) is 10.2. The van der Waals surface area contributed by atoms with Crippen molar-refractivity contribution in [1.82, 2.24) is 4.90 Å². The zero-order valence-corrected chi connectivity index (χ0v) is 15.5. The Morgan fingerprint density at radius 1 is 0.926 bits per heavy atom. The van der Waals surface area contributed by atoms with Crippen molar-refractivity contribution in [2.24, 2.45) is 0 Å². The van der Waals surface area contributed by atoms with Gasteiger partial charge in [-0.3, -0.25) is 14.5 Å². The van der Waals surface area contributed by atoms with Crippen molar-refractivity contribution in [3.05, 3.63) is 64.9 Å². The van der Waals surface area contributed by atoms with Crippen molar-refractivity contribution in [3.8, 4) is 11.5 Å². The van der Waals surface area contributed by atoms with Crippen LogP contribution >= 0.6 is 0 Å². The smallest absolute Gasteiger partial charge is 0.296 e. The molecule has 0 atom stereocenters. The van der Waals surface area contributed by atoms with Crippen LogP contribution < -0.4 is 9.47 Å². The van der Waals surface area contributed by atoms with E-state index in [4.69, 9.17) is 9.47 Å². The molecule has 0 radical (unpaired) electrons. The van der Waals surface area contributed by atoms with E-state index < -0.39 is 17.6 Å². The van der Waals surface area contributed by atoms with Gasteiger partial charge in [-0.05, 0) is 54.8 Å². The summed E-state index contributed by atoms with van der Waals surface area (Å²) in [5.74, 6) is -0.494. The number of aliphatic hydroxyl groups excluding tert-OH is 1. The molecule has 0 saturated heterocycles. The molecule has 1 N–H and O–H groups in total. The fourth-order valence-corrected chi connectivity index (χ4v) is 3.06. The number of methoxy groups -OCH3 is 1. The third-order valence-corrected chi connectivity index (χ3v) is 4.30. The number of amides is 2. The van der Waals surface area contributed by atoms with E-state index in [0.29, 0.717) is 17.1 Å². The van der Waals surface area contributed by atoms with E-state index in [1.165, 1.54) is 7.11 Å². The summed E-state index contributed by atoms with van der Waals surface area (Å²) < 4.78 is 10.8. The number of hydrogen-bond donors (Lipinski definition) is 1. The predicted octanol–water partition coefficient (Wildman–Crippen LogP) is 3.03. The van der Waals surface area contributed by atoms with Crippen molar-refractivity contribution in [1.29, 1.82) is 0 Å². The summed E-state index contributed by atoms with van der Waals surface area (Å²) in [6, 6.07) is 12.4. The minimum atomic E-state index is -0.713. The Morgan fingerprint density at radius 3 is 2.15 bits per heavy atom. The molecule has 0 saturated carbocycles. The summed E-state index contributed by atoms with van der Waals surface area (Å²) in [6.45, 7) is 4.13. The Bertz CT molecular complexity index is 894. The van der Waals surface area contributed by atoms with Crippen LogP contribution in [0.5, 0.6) is 11.5 Å². The van der Waals surface area contributed by atoms with Crippen LogP contribution in [0.2, 0.25) is 0 Å². The van der Waals surface area contributed by atoms with Crippen LogP contribution in [0.15, 0.2) is 48.2 Å². The lowest BCUT2D eigenvalue weighted by atomic mass is 10.1. The summed E-state index contributed by atoms with van der Waals surface area (Å²) >= 11 is 0. The largest absolute Gasteiger partial charge is 0.502 e. The molecule has 0 spiro atoms. The first kappa shape index (κ1) is 18.5. The lowest BCUT2D eigenvalue weighted by Crippen LogP contribution is -2.35. The van der Waals surface area contributed by atoms with Gasteiger partial charge in [-0.2, -0.15) is 0 Å². The van der Waals surface area contributed by atoms with Gasteiger partial charge in [0, 0.05) is 0 Å². The predicted molar refractivity (Wildman–Crippen MR) is 101 cm³/mol. The summed E-state index contributed by atoms with van der Waals surface area (Å²) in [6.07, 6.45) is 0. The van der Waals surface area contributed by atoms with Gasteiger partial charge in [-0.1, -0.05) is 18.2 Å². The molecule has 27 heavy (non-hydrogen) atoms. The molecule has 0 bridgehead atoms. The Balaban J connectivity index is 1.69. The zero-order valence-electron chi connectivity index (χ0n) is 15.5. The van der Waals surface area contributed by atoms with Gasteiger partial charge in [0.05, 0.1) is 19.2 Å². The lowest BCUT2D eigenvalue weighted by Gasteiger charge is -2.15. The molecule has 3 rings (SSSR count). The van der Waals surface area contributed by atoms with Gasteiger partial charge < -0.3 is 14.6 Å². The standard InChI is InChI=1S/C21H21NO5/c1-13-10-14(2)12-17(11-13)27-9-8-22-20(24)18(19(23)21(22)25)15-4-6-16(26-3)7-5-15/h4-7,10-12,23H,8-9H2,1-3H3. The van der Waals surface area contributed by atoms with Crippen molar-refractivity contribution in [2.45, 2.75) is 13.8 Å². The number of aliphatic hydroxyl groups is 1. The molecule has 0 aromatic heterocycles. The second-order valence-corrected chi connectivity index (χ2v) is 6.39. The summed E-state index contributed by atoms with van der Waals surface area (Å²) in [7, 11) is 1.54. The normalized spacial score (nSPS) is 14.1. The van der Waals surface area contributed by atoms with E-state index in [1.54, 1.807) is 24.3 Å². The first-order valence-electron chi connectivity index (χ1n) is 8.55. The Labute approximate surface area is 157 Å². The highest BCUT2D eigenvalue weighted by atomic mass is 16.5. The zero-order chi connectivity index (χ0) is 19.6. The molecule has 1 aliphatic rings. The first-order valence-corrected chi connectivity index (χ1v) is 8.55. The van der Waals surface area contributed by atoms with Gasteiger partial charge in [-0.25, -0.2) is 0 Å². The maximum atomic E-state index is 12.6. The second-order valence-electron chi connectivity index (χ2n) is 6.39. The average molecular weight is 367 g/mol. The van der Waals surface area contributed by atoms with Crippen LogP contribution in [0.4, 0.5) is 0 Å². The molecular formula is C21H21NO5. The quantitative estimate of drug-likeness (QED) is 0.794. The first-order chi connectivity index (χ1) is 12.9. The Kier molecular flexibility index (Phi) is 5.16. The maximum Gasteiger partial charge on any atom is 0.296 e. The lowest BCUT2D eigenvalue weighted by molar-refractivity contribution is -0.138. The van der Waals surface area contributed by atoms with Gasteiger partial charge in [0.15, 0.2) is 5.76 Å². The minimum absolute atomic E-state index is 0.00551. The number of hydrogen-bond acceptors (Lipinski definition) is 5. The van der Waals surface area contributed by atoms with Gasteiger partial charge in [0.25, 0.3) is 11.8 Å². The number of nitrogens with zero attached hydrogens (tertiary/aromatic N) is 1. The van der Waals surface area contributed by atoms with Crippen LogP contribution in [0.1, 0.15) is 16.7 Å². The van der Waals surface area contributed by atoms with Gasteiger partial charge >= 0.3 is 0 Å². The molecule has 140 valence electrons. The van der Waals surface area contributed by atoms with Crippen LogP contribution in [-0.2, 0) is 9.59 Å². The molecule has 0 fully saturated rings. The van der Waals surface area contributed by atoms with Gasteiger partial charge in [-0.15, -0.1) is 0 Å². The van der Waals surface area contributed by atoms with E-state index in [9.17, 15) is 14.7 Å². The average Bonchev–Trinajstić information content (AvgIpc) is 2.84. The molecule has 0 aliphatic carbocycles. The SMILES string of the molecule is COc1ccc(C2=C(O)C(=O)N(CCOc3cc(C)cc(C)c3)C2=O)cc1. The third-order valence-electron chi connectivity index (χ3n) is 4.30. The minimum Gasteiger partial charge on any atom is -0.502 e. The highest BCUT2D eigenvalue weighted by molar-refractivity contribution is 6.34. The number of rotatable bonds is 6. The number of carbonyl (C=O) groups excluding carboxylic acids is 2. The molecule has 2 aromatic rings. The molecule has 1 aliphatic heterocycles. The number of ether oxygens (including phenoxy) is 2. The molecule has 2 amide bonds. The topological polar surface area (TPSA) is 76.1 Å². The van der Waals surface area contributed by atoms with E-state index in [-0.39, 0.29) is 18.7 Å². The van der Waals surface area contributed by atoms with Crippen molar-refractivity contribution in [2.75, 3.05) is 20.3 Å². The number of imide groups is 1. The number of benzene rings is 2. The van der Waals surface area contributed by atoms with Crippen LogP contribution in [0.3, 0.4) is 0 Å². The van der Waals surface area contributed by atoms with E-state index in [1.807, 2.05) is 32.0 Å². The Morgan fingerprint density at radius 2 is 1.56 bits per heavy atom. The van der Waals surface area contributed by atoms with E-state index >= 15 is 0 Å². The summed E-state index contributed by atoms with van der Waals surface area (Å²) in [4.78, 5) is 25.9. The molecule has 6 heteroatoms. The molecule has 1 heterocycles. The molecule has 6 nitrogen and oxygen atoms in total. The summed E-state index contributed by atoms with van der Waals surface area (Å²) in [5.41, 5.74) is 2.59. The fraction of sp³-hybridized carbons (Fsp3) is 0.238. The monoisotopic (exact) mass is 367 g/mol. The van der Waals surface area contributed by atoms with E-state index in [0.717, 1.165) is 16.0 Å². The molecule has 2 aromatic carbocycles. The third kappa shape index (κ3) is 3.79. The number of aryl methyl sites for hydroxylation is 2. The second kappa shape index (κ2) is 7.53. The Hall–Kier alpha value is -3.28. The van der Waals surface area contributed by atoms with Crippen LogP contribution in [-0.4, -0.2) is 42.1 Å². The van der Waals surface area contributed by atoms with Crippen molar-refractivity contribution >= 4 is 17.4 Å². The number of carbonyl (C=O) groups is 2. The molecule has 0 unspecified atom stereocenters. The van der Waals surface area contributed by atoms with Gasteiger partial charge in [0.2, 0.25) is 0 Å². The van der Waals surface area contributed by atoms with Crippen LogP contribution in [0, 0.1) is 13.8 Å². The van der Waals surface area contributed by atoms with Crippen LogP contribution in [0.25, 0.3) is 5.57 Å². The van der Waals surface area contributed by atoms with Crippen molar-refractivity contribution in [3.63, 3.8) is 0 Å². The maximum absolute atomic E-state index is 12.6. The van der Waals surface area contributed by atoms with Crippen molar-refractivity contribution < 1.29 is 24.2 Å². The van der Waals surface area contributed by atoms with E-state index in [2.05, 4.69) is 0 Å². The fourth-order valence-electron chi connectivity index (χ4n) is 3.06. The molecular weight excluding hydrogens is 346 g/mol.